The second-order valence-corrected chi connectivity index (χ2v) is 9.10. The number of para-hydroxylation sites is 2. The van der Waals surface area contributed by atoms with Crippen LogP contribution in [0.4, 0.5) is 0 Å². The summed E-state index contributed by atoms with van der Waals surface area (Å²) in [5.41, 5.74) is 3.88. The number of methoxy groups -OCH3 is 1. The van der Waals surface area contributed by atoms with E-state index < -0.39 is 0 Å². The van der Waals surface area contributed by atoms with Crippen LogP contribution in [0.1, 0.15) is 21.6 Å². The first-order valence-electron chi connectivity index (χ1n) is 11.3. The number of aryl methyl sites for hydroxylation is 1. The Morgan fingerprint density at radius 1 is 1.03 bits per heavy atom. The van der Waals surface area contributed by atoms with Gasteiger partial charge in [-0.15, -0.1) is 0 Å². The number of nitrogens with zero attached hydrogens (tertiary/aromatic N) is 3. The van der Waals surface area contributed by atoms with Crippen LogP contribution in [-0.2, 0) is 0 Å². The maximum absolute atomic E-state index is 13.0. The average molecular weight is 494 g/mol. The summed E-state index contributed by atoms with van der Waals surface area (Å²) in [7, 11) is 1.45. The molecule has 0 saturated carbocycles. The molecule has 0 bridgehead atoms. The first-order valence-corrected chi connectivity index (χ1v) is 12.1. The van der Waals surface area contributed by atoms with Gasteiger partial charge in [0.1, 0.15) is 5.03 Å². The van der Waals surface area contributed by atoms with Gasteiger partial charge < -0.3 is 9.84 Å². The maximum atomic E-state index is 13.0. The van der Waals surface area contributed by atoms with Crippen LogP contribution in [0.5, 0.6) is 11.5 Å². The smallest absolute Gasteiger partial charge is 0.185 e. The second-order valence-electron chi connectivity index (χ2n) is 8.07. The van der Waals surface area contributed by atoms with Crippen molar-refractivity contribution < 1.29 is 14.6 Å². The number of pyridine rings is 1. The van der Waals surface area contributed by atoms with Crippen LogP contribution in [0.3, 0.4) is 0 Å². The summed E-state index contributed by atoms with van der Waals surface area (Å²) in [5.74, 6) is 0.0327. The van der Waals surface area contributed by atoms with E-state index in [2.05, 4.69) is 4.98 Å². The fourth-order valence-corrected chi connectivity index (χ4v) is 5.08. The molecule has 178 valence electrons. The Morgan fingerprint density at radius 2 is 1.83 bits per heavy atom. The molecule has 0 saturated heterocycles. The number of ketones is 1. The van der Waals surface area contributed by atoms with Crippen molar-refractivity contribution in [2.24, 2.45) is 0 Å². The van der Waals surface area contributed by atoms with Crippen LogP contribution >= 0.6 is 11.8 Å². The molecule has 0 spiro atoms. The van der Waals surface area contributed by atoms with E-state index in [1.54, 1.807) is 30.1 Å². The lowest BCUT2D eigenvalue weighted by molar-refractivity contribution is 0.104. The van der Waals surface area contributed by atoms with Gasteiger partial charge in [0.25, 0.3) is 0 Å². The highest BCUT2D eigenvalue weighted by Crippen LogP contribution is 2.37. The zero-order valence-electron chi connectivity index (χ0n) is 19.8. The van der Waals surface area contributed by atoms with Crippen LogP contribution in [0.25, 0.3) is 22.7 Å². The molecule has 36 heavy (non-hydrogen) atoms. The number of carbonyl (C=O) groups is 1. The third kappa shape index (κ3) is 4.61. The van der Waals surface area contributed by atoms with Gasteiger partial charge in [0.05, 0.1) is 24.0 Å². The van der Waals surface area contributed by atoms with E-state index in [1.807, 2.05) is 72.3 Å². The average Bonchev–Trinajstić information content (AvgIpc) is 3.22. The van der Waals surface area contributed by atoms with Gasteiger partial charge in [-0.1, -0.05) is 48.2 Å². The van der Waals surface area contributed by atoms with Crippen molar-refractivity contribution in [1.29, 1.82) is 0 Å². The highest BCUT2D eigenvalue weighted by molar-refractivity contribution is 7.99. The zero-order valence-corrected chi connectivity index (χ0v) is 20.6. The Bertz CT molecular complexity index is 1590. The molecule has 7 heteroatoms. The fourth-order valence-electron chi connectivity index (χ4n) is 3.90. The molecule has 2 aromatic heterocycles. The summed E-state index contributed by atoms with van der Waals surface area (Å²) < 4.78 is 7.04. The van der Waals surface area contributed by atoms with E-state index in [-0.39, 0.29) is 17.3 Å². The van der Waals surface area contributed by atoms with E-state index in [0.717, 1.165) is 37.8 Å². The highest BCUT2D eigenvalue weighted by Gasteiger charge is 2.18. The predicted octanol–water partition coefficient (Wildman–Crippen LogP) is 6.49. The SMILES string of the molecule is COc1cc(C(=O)/C=C/c2c(C)nn(-c3ccccc3)c2Sc2cccc3cccnc23)ccc1O. The summed E-state index contributed by atoms with van der Waals surface area (Å²) in [4.78, 5) is 18.6. The number of rotatable bonds is 7. The van der Waals surface area contributed by atoms with Gasteiger partial charge in [0.15, 0.2) is 17.3 Å². The number of aromatic nitrogens is 3. The number of carbonyl (C=O) groups excluding carboxylic acids is 1. The topological polar surface area (TPSA) is 77.2 Å². The lowest BCUT2D eigenvalue weighted by Gasteiger charge is -2.10. The van der Waals surface area contributed by atoms with E-state index in [9.17, 15) is 9.90 Å². The van der Waals surface area contributed by atoms with Crippen molar-refractivity contribution in [3.63, 3.8) is 0 Å². The Kier molecular flexibility index (Phi) is 6.56. The molecule has 5 rings (SSSR count). The van der Waals surface area contributed by atoms with Gasteiger partial charge in [0, 0.05) is 27.6 Å². The van der Waals surface area contributed by atoms with E-state index in [4.69, 9.17) is 9.84 Å². The molecule has 2 heterocycles. The van der Waals surface area contributed by atoms with Gasteiger partial charge in [-0.2, -0.15) is 5.10 Å². The number of phenolic OH excluding ortho intramolecular Hbond substituents is 1. The molecule has 0 amide bonds. The maximum Gasteiger partial charge on any atom is 0.185 e. The Morgan fingerprint density at radius 3 is 2.64 bits per heavy atom. The molecule has 0 aliphatic rings. The second kappa shape index (κ2) is 10.1. The molecule has 0 radical (unpaired) electrons. The molecule has 0 atom stereocenters. The van der Waals surface area contributed by atoms with Crippen molar-refractivity contribution in [2.45, 2.75) is 16.8 Å². The quantitative estimate of drug-likeness (QED) is 0.206. The van der Waals surface area contributed by atoms with Crippen LogP contribution in [0.2, 0.25) is 0 Å². The zero-order chi connectivity index (χ0) is 25.1. The Hall–Kier alpha value is -4.36. The predicted molar refractivity (Wildman–Crippen MR) is 142 cm³/mol. The molecule has 0 aliphatic heterocycles. The molecule has 0 aliphatic carbocycles. The molecular formula is C29H23N3O3S. The number of aromatic hydroxyl groups is 1. The minimum atomic E-state index is -0.206. The molecule has 0 unspecified atom stereocenters. The molecule has 6 nitrogen and oxygen atoms in total. The first kappa shape index (κ1) is 23.4. The van der Waals surface area contributed by atoms with Gasteiger partial charge >= 0.3 is 0 Å². The number of fused-ring (bicyclic) bond motifs is 1. The third-order valence-corrected chi connectivity index (χ3v) is 6.87. The van der Waals surface area contributed by atoms with Gasteiger partial charge in [0.2, 0.25) is 0 Å². The number of hydrogen-bond acceptors (Lipinski definition) is 6. The number of hydrogen-bond donors (Lipinski definition) is 1. The lowest BCUT2D eigenvalue weighted by atomic mass is 10.1. The van der Waals surface area contributed by atoms with Gasteiger partial charge in [-0.25, -0.2) is 4.68 Å². The van der Waals surface area contributed by atoms with Crippen LogP contribution in [0.15, 0.2) is 101 Å². The normalized spacial score (nSPS) is 11.3. The van der Waals surface area contributed by atoms with Crippen molar-refractivity contribution in [3.8, 4) is 17.2 Å². The van der Waals surface area contributed by atoms with Gasteiger partial charge in [-0.05, 0) is 61.5 Å². The highest BCUT2D eigenvalue weighted by atomic mass is 32.2. The Labute approximate surface area is 212 Å². The van der Waals surface area contributed by atoms with Gasteiger partial charge in [-0.3, -0.25) is 9.78 Å². The molecule has 1 N–H and O–H groups in total. The van der Waals surface area contributed by atoms with Crippen molar-refractivity contribution in [3.05, 3.63) is 108 Å². The number of ether oxygens (including phenoxy) is 1. The molecule has 3 aromatic carbocycles. The Balaban J connectivity index is 1.58. The number of benzene rings is 3. The minimum Gasteiger partial charge on any atom is -0.504 e. The van der Waals surface area contributed by atoms with E-state index in [0.29, 0.717) is 5.56 Å². The summed E-state index contributed by atoms with van der Waals surface area (Å²) in [6.07, 6.45) is 5.11. The first-order chi connectivity index (χ1) is 17.5. The number of phenols is 1. The summed E-state index contributed by atoms with van der Waals surface area (Å²) >= 11 is 1.56. The van der Waals surface area contributed by atoms with E-state index >= 15 is 0 Å². The molecule has 5 aromatic rings. The summed E-state index contributed by atoms with van der Waals surface area (Å²) in [6.45, 7) is 1.93. The summed E-state index contributed by atoms with van der Waals surface area (Å²) in [5, 5.41) is 16.6. The largest absolute Gasteiger partial charge is 0.504 e. The van der Waals surface area contributed by atoms with Crippen molar-refractivity contribution in [2.75, 3.05) is 7.11 Å². The monoisotopic (exact) mass is 493 g/mol. The minimum absolute atomic E-state index is 0.0135. The fraction of sp³-hybridized carbons (Fsp3) is 0.0690. The number of allylic oxidation sites excluding steroid dienone is 1. The molecule has 0 fully saturated rings. The third-order valence-electron chi connectivity index (χ3n) is 5.73. The summed E-state index contributed by atoms with van der Waals surface area (Å²) in [6, 6.07) is 24.5. The van der Waals surface area contributed by atoms with Crippen LogP contribution in [-0.4, -0.2) is 32.8 Å². The van der Waals surface area contributed by atoms with E-state index in [1.165, 1.54) is 25.3 Å². The van der Waals surface area contributed by atoms with Crippen molar-refractivity contribution in [1.82, 2.24) is 14.8 Å². The van der Waals surface area contributed by atoms with Crippen LogP contribution < -0.4 is 4.74 Å². The molecular weight excluding hydrogens is 470 g/mol. The standard InChI is InChI=1S/C29H23N3O3S/c1-19-23(14-16-24(33)21-13-15-25(34)26(18-21)35-2)29(32(31-19)22-10-4-3-5-11-22)36-27-12-6-8-20-9-7-17-30-28(20)27/h3-18,34H,1-2H3/b16-14+. The van der Waals surface area contributed by atoms with Crippen LogP contribution in [0, 0.1) is 6.92 Å². The van der Waals surface area contributed by atoms with Crippen molar-refractivity contribution >= 4 is 34.5 Å². The lowest BCUT2D eigenvalue weighted by Crippen LogP contribution is -1.98.